The van der Waals surface area contributed by atoms with E-state index in [4.69, 9.17) is 0 Å². The largest absolute Gasteiger partial charge is 0.356 e. The SMILES string of the molecule is C=Cc1cncnc1N(C)[C@H]1CC[C@H](CS(=O)(=O)NC)CC1. The van der Waals surface area contributed by atoms with Gasteiger partial charge in [0.25, 0.3) is 0 Å². The topological polar surface area (TPSA) is 75.2 Å². The van der Waals surface area contributed by atoms with Crippen molar-refractivity contribution in [2.45, 2.75) is 31.7 Å². The van der Waals surface area contributed by atoms with Gasteiger partial charge in [0.15, 0.2) is 0 Å². The standard InChI is InChI=1S/C15H24N4O2S/c1-4-13-9-17-11-18-15(13)19(3)14-7-5-12(6-8-14)10-22(20,21)16-2/h4,9,11-12,14,16H,1,5-8,10H2,2-3H3/t12-,14-. The second kappa shape index (κ2) is 7.19. The molecule has 1 aliphatic rings. The zero-order valence-electron chi connectivity index (χ0n) is 13.2. The number of hydrogen-bond acceptors (Lipinski definition) is 5. The first kappa shape index (κ1) is 16.9. The van der Waals surface area contributed by atoms with E-state index in [1.807, 2.05) is 7.05 Å². The lowest BCUT2D eigenvalue weighted by molar-refractivity contribution is 0.340. The molecule has 1 heterocycles. The Morgan fingerprint density at radius 2 is 2.09 bits per heavy atom. The van der Waals surface area contributed by atoms with Crippen LogP contribution < -0.4 is 9.62 Å². The van der Waals surface area contributed by atoms with Gasteiger partial charge in [-0.1, -0.05) is 12.7 Å². The van der Waals surface area contributed by atoms with Crippen molar-refractivity contribution in [2.24, 2.45) is 5.92 Å². The molecule has 0 saturated heterocycles. The van der Waals surface area contributed by atoms with Crippen molar-refractivity contribution < 1.29 is 8.42 Å². The van der Waals surface area contributed by atoms with Gasteiger partial charge in [0.1, 0.15) is 12.1 Å². The highest BCUT2D eigenvalue weighted by Crippen LogP contribution is 2.30. The van der Waals surface area contributed by atoms with E-state index in [-0.39, 0.29) is 11.7 Å². The molecule has 0 radical (unpaired) electrons. The zero-order valence-corrected chi connectivity index (χ0v) is 14.0. The third-order valence-corrected chi connectivity index (χ3v) is 5.93. The van der Waals surface area contributed by atoms with E-state index < -0.39 is 10.0 Å². The van der Waals surface area contributed by atoms with E-state index in [1.165, 1.54) is 7.05 Å². The van der Waals surface area contributed by atoms with Crippen LogP contribution in [0.1, 0.15) is 31.2 Å². The summed E-state index contributed by atoms with van der Waals surface area (Å²) in [5.41, 5.74) is 0.921. The minimum atomic E-state index is -3.12. The van der Waals surface area contributed by atoms with Crippen molar-refractivity contribution >= 4 is 21.9 Å². The van der Waals surface area contributed by atoms with Crippen LogP contribution in [0.25, 0.3) is 6.08 Å². The van der Waals surface area contributed by atoms with Crippen molar-refractivity contribution in [3.8, 4) is 0 Å². The first-order valence-electron chi connectivity index (χ1n) is 7.53. The molecule has 0 aliphatic heterocycles. The predicted molar refractivity (Wildman–Crippen MR) is 89.1 cm³/mol. The molecule has 1 N–H and O–H groups in total. The number of sulfonamides is 1. The molecule has 22 heavy (non-hydrogen) atoms. The van der Waals surface area contributed by atoms with Crippen LogP contribution in [0, 0.1) is 5.92 Å². The molecule has 1 aliphatic carbocycles. The van der Waals surface area contributed by atoms with E-state index >= 15 is 0 Å². The molecule has 1 fully saturated rings. The summed E-state index contributed by atoms with van der Waals surface area (Å²) in [5.74, 6) is 1.36. The average Bonchev–Trinajstić information content (AvgIpc) is 2.54. The Bertz CT molecular complexity index is 610. The van der Waals surface area contributed by atoms with Crippen LogP contribution in [0.15, 0.2) is 19.1 Å². The van der Waals surface area contributed by atoms with E-state index in [2.05, 4.69) is 26.2 Å². The third-order valence-electron chi connectivity index (χ3n) is 4.40. The van der Waals surface area contributed by atoms with Crippen LogP contribution in [0.2, 0.25) is 0 Å². The van der Waals surface area contributed by atoms with Crippen LogP contribution in [-0.4, -0.2) is 44.3 Å². The summed E-state index contributed by atoms with van der Waals surface area (Å²) in [6, 6.07) is 0.377. The van der Waals surface area contributed by atoms with Crippen LogP contribution in [0.3, 0.4) is 0 Å². The fraction of sp³-hybridized carbons (Fsp3) is 0.600. The van der Waals surface area contributed by atoms with Gasteiger partial charge >= 0.3 is 0 Å². The number of nitrogens with one attached hydrogen (secondary N) is 1. The average molecular weight is 324 g/mol. The molecule has 1 aromatic heterocycles. The quantitative estimate of drug-likeness (QED) is 0.861. The molecule has 0 amide bonds. The molecule has 2 rings (SSSR count). The van der Waals surface area contributed by atoms with E-state index in [9.17, 15) is 8.42 Å². The van der Waals surface area contributed by atoms with E-state index in [0.717, 1.165) is 37.1 Å². The maximum absolute atomic E-state index is 11.6. The number of anilines is 1. The van der Waals surface area contributed by atoms with Gasteiger partial charge in [-0.15, -0.1) is 0 Å². The highest BCUT2D eigenvalue weighted by Gasteiger charge is 2.28. The van der Waals surface area contributed by atoms with Gasteiger partial charge in [0.05, 0.1) is 5.75 Å². The molecule has 6 nitrogen and oxygen atoms in total. The van der Waals surface area contributed by atoms with E-state index in [1.54, 1.807) is 18.6 Å². The Morgan fingerprint density at radius 3 is 2.68 bits per heavy atom. The Hall–Kier alpha value is -1.47. The second-order valence-electron chi connectivity index (χ2n) is 5.78. The maximum atomic E-state index is 11.6. The molecule has 0 spiro atoms. The van der Waals surface area contributed by atoms with Gasteiger partial charge in [0.2, 0.25) is 10.0 Å². The number of hydrogen-bond donors (Lipinski definition) is 1. The Kier molecular flexibility index (Phi) is 5.52. The number of rotatable bonds is 6. The summed E-state index contributed by atoms with van der Waals surface area (Å²) in [4.78, 5) is 10.5. The molecule has 7 heteroatoms. The normalized spacial score (nSPS) is 22.3. The van der Waals surface area contributed by atoms with Gasteiger partial charge in [-0.2, -0.15) is 0 Å². The highest BCUT2D eigenvalue weighted by atomic mass is 32.2. The van der Waals surface area contributed by atoms with Crippen molar-refractivity contribution in [3.63, 3.8) is 0 Å². The maximum Gasteiger partial charge on any atom is 0.211 e. The lowest BCUT2D eigenvalue weighted by Crippen LogP contribution is -2.38. The molecule has 0 unspecified atom stereocenters. The molecule has 1 aromatic rings. The fourth-order valence-corrected chi connectivity index (χ4v) is 4.16. The first-order chi connectivity index (χ1) is 10.5. The first-order valence-corrected chi connectivity index (χ1v) is 9.18. The van der Waals surface area contributed by atoms with Crippen LogP contribution in [-0.2, 0) is 10.0 Å². The molecular weight excluding hydrogens is 300 g/mol. The Morgan fingerprint density at radius 1 is 1.41 bits per heavy atom. The van der Waals surface area contributed by atoms with Gasteiger partial charge in [0, 0.05) is 24.8 Å². The van der Waals surface area contributed by atoms with Gasteiger partial charge in [-0.3, -0.25) is 0 Å². The Balaban J connectivity index is 1.98. The lowest BCUT2D eigenvalue weighted by atomic mass is 9.86. The van der Waals surface area contributed by atoms with Crippen molar-refractivity contribution in [3.05, 3.63) is 24.7 Å². The lowest BCUT2D eigenvalue weighted by Gasteiger charge is -2.35. The summed E-state index contributed by atoms with van der Waals surface area (Å²) < 4.78 is 25.7. The highest BCUT2D eigenvalue weighted by molar-refractivity contribution is 7.89. The number of aromatic nitrogens is 2. The third kappa shape index (κ3) is 4.04. The summed E-state index contributed by atoms with van der Waals surface area (Å²) in [7, 11) is 0.388. The van der Waals surface area contributed by atoms with Gasteiger partial charge in [-0.05, 0) is 38.6 Å². The zero-order chi connectivity index (χ0) is 16.2. The second-order valence-corrected chi connectivity index (χ2v) is 7.75. The van der Waals surface area contributed by atoms with Gasteiger partial charge < -0.3 is 4.90 Å². The monoisotopic (exact) mass is 324 g/mol. The van der Waals surface area contributed by atoms with Crippen molar-refractivity contribution in [1.29, 1.82) is 0 Å². The fourth-order valence-electron chi connectivity index (χ4n) is 3.04. The predicted octanol–water partition coefficient (Wildman–Crippen LogP) is 1.66. The van der Waals surface area contributed by atoms with Crippen LogP contribution in [0.4, 0.5) is 5.82 Å². The summed E-state index contributed by atoms with van der Waals surface area (Å²) in [6.07, 6.45) is 8.86. The van der Waals surface area contributed by atoms with Crippen molar-refractivity contribution in [2.75, 3.05) is 24.7 Å². The molecule has 0 bridgehead atoms. The molecular formula is C15H24N4O2S. The molecule has 122 valence electrons. The smallest absolute Gasteiger partial charge is 0.211 e. The van der Waals surface area contributed by atoms with Crippen molar-refractivity contribution in [1.82, 2.24) is 14.7 Å². The number of nitrogens with zero attached hydrogens (tertiary/aromatic N) is 3. The molecule has 0 atom stereocenters. The molecule has 1 saturated carbocycles. The van der Waals surface area contributed by atoms with Crippen LogP contribution in [0.5, 0.6) is 0 Å². The minimum absolute atomic E-state index is 0.228. The summed E-state index contributed by atoms with van der Waals surface area (Å²) in [6.45, 7) is 3.80. The Labute approximate surface area is 132 Å². The van der Waals surface area contributed by atoms with E-state index in [0.29, 0.717) is 6.04 Å². The summed E-state index contributed by atoms with van der Waals surface area (Å²) in [5, 5.41) is 0. The van der Waals surface area contributed by atoms with Gasteiger partial charge in [-0.25, -0.2) is 23.1 Å². The van der Waals surface area contributed by atoms with Crippen LogP contribution >= 0.6 is 0 Å². The summed E-state index contributed by atoms with van der Waals surface area (Å²) >= 11 is 0. The molecule has 0 aromatic carbocycles. The minimum Gasteiger partial charge on any atom is -0.356 e.